The third-order valence-electron chi connectivity index (χ3n) is 7.02. The van der Waals surface area contributed by atoms with Crippen molar-refractivity contribution in [2.45, 2.75) is 32.1 Å². The molecule has 0 aliphatic heterocycles. The van der Waals surface area contributed by atoms with Crippen molar-refractivity contribution in [3.8, 4) is 22.4 Å². The van der Waals surface area contributed by atoms with E-state index in [1.807, 2.05) is 12.1 Å². The molecular formula is C28H23NO. The molecule has 0 unspecified atom stereocenters. The van der Waals surface area contributed by atoms with Crippen LogP contribution in [0.25, 0.3) is 44.3 Å². The molecule has 2 nitrogen and oxygen atoms in total. The Balaban J connectivity index is 1.68. The first-order valence-electron chi connectivity index (χ1n) is 10.8. The number of nitrogens with zero attached hydrogens (tertiary/aromatic N) is 1. The van der Waals surface area contributed by atoms with Crippen molar-refractivity contribution < 1.29 is 4.42 Å². The Morgan fingerprint density at radius 2 is 1.47 bits per heavy atom. The van der Waals surface area contributed by atoms with Gasteiger partial charge in [0.1, 0.15) is 11.2 Å². The average molecular weight is 389 g/mol. The van der Waals surface area contributed by atoms with Crippen molar-refractivity contribution >= 4 is 21.9 Å². The summed E-state index contributed by atoms with van der Waals surface area (Å²) in [5, 5.41) is 2.37. The van der Waals surface area contributed by atoms with Gasteiger partial charge in [-0.1, -0.05) is 62.4 Å². The quantitative estimate of drug-likeness (QED) is 0.315. The van der Waals surface area contributed by atoms with Gasteiger partial charge in [0.15, 0.2) is 0 Å². The van der Waals surface area contributed by atoms with E-state index in [0.717, 1.165) is 35.3 Å². The van der Waals surface area contributed by atoms with Crippen molar-refractivity contribution in [1.29, 1.82) is 0 Å². The summed E-state index contributed by atoms with van der Waals surface area (Å²) < 4.78 is 6.24. The number of pyridine rings is 1. The molecule has 6 rings (SSSR count). The minimum absolute atomic E-state index is 0.0138. The number of furan rings is 1. The van der Waals surface area contributed by atoms with Crippen molar-refractivity contribution in [3.63, 3.8) is 0 Å². The molecule has 2 heterocycles. The molecule has 0 atom stereocenters. The summed E-state index contributed by atoms with van der Waals surface area (Å²) in [6.07, 6.45) is 4.20. The first-order chi connectivity index (χ1) is 14.7. The molecule has 0 spiro atoms. The molecule has 0 saturated heterocycles. The lowest BCUT2D eigenvalue weighted by Gasteiger charge is -2.29. The Kier molecular flexibility index (Phi) is 3.67. The predicted molar refractivity (Wildman–Crippen MR) is 124 cm³/mol. The second-order valence-corrected chi connectivity index (χ2v) is 8.26. The zero-order valence-corrected chi connectivity index (χ0v) is 17.3. The molecule has 30 heavy (non-hydrogen) atoms. The highest BCUT2D eigenvalue weighted by Gasteiger charge is 2.41. The van der Waals surface area contributed by atoms with Gasteiger partial charge in [0, 0.05) is 27.9 Å². The number of hydrogen-bond acceptors (Lipinski definition) is 2. The van der Waals surface area contributed by atoms with Gasteiger partial charge in [0.25, 0.3) is 0 Å². The van der Waals surface area contributed by atoms with Gasteiger partial charge in [-0.3, -0.25) is 4.98 Å². The van der Waals surface area contributed by atoms with Crippen LogP contribution in [0.5, 0.6) is 0 Å². The number of hydrogen-bond donors (Lipinski definition) is 0. The van der Waals surface area contributed by atoms with Crippen LogP contribution in [0.4, 0.5) is 0 Å². The number of benzene rings is 3. The fraction of sp³-hybridized carbons (Fsp3) is 0.179. The Morgan fingerprint density at radius 1 is 0.733 bits per heavy atom. The van der Waals surface area contributed by atoms with E-state index in [4.69, 9.17) is 9.40 Å². The fourth-order valence-electron chi connectivity index (χ4n) is 5.37. The van der Waals surface area contributed by atoms with E-state index < -0.39 is 0 Å². The average Bonchev–Trinajstić information content (AvgIpc) is 3.30. The highest BCUT2D eigenvalue weighted by atomic mass is 16.3. The van der Waals surface area contributed by atoms with Crippen LogP contribution < -0.4 is 0 Å². The molecule has 3 aromatic carbocycles. The molecule has 146 valence electrons. The predicted octanol–water partition coefficient (Wildman–Crippen LogP) is 7.73. The fourth-order valence-corrected chi connectivity index (χ4v) is 5.37. The minimum Gasteiger partial charge on any atom is -0.456 e. The summed E-state index contributed by atoms with van der Waals surface area (Å²) in [7, 11) is 0. The van der Waals surface area contributed by atoms with E-state index in [2.05, 4.69) is 80.7 Å². The zero-order valence-electron chi connectivity index (χ0n) is 17.3. The van der Waals surface area contributed by atoms with Crippen molar-refractivity contribution in [2.24, 2.45) is 0 Å². The van der Waals surface area contributed by atoms with Crippen molar-refractivity contribution in [1.82, 2.24) is 4.98 Å². The number of aromatic nitrogens is 1. The lowest BCUT2D eigenvalue weighted by Crippen LogP contribution is -2.23. The van der Waals surface area contributed by atoms with Crippen LogP contribution in [-0.4, -0.2) is 4.98 Å². The largest absolute Gasteiger partial charge is 0.456 e. The second kappa shape index (κ2) is 6.30. The minimum atomic E-state index is -0.0138. The zero-order chi connectivity index (χ0) is 20.3. The molecular weight excluding hydrogens is 366 g/mol. The molecule has 1 aliphatic carbocycles. The summed E-state index contributed by atoms with van der Waals surface area (Å²) in [4.78, 5) is 4.88. The van der Waals surface area contributed by atoms with Crippen LogP contribution in [-0.2, 0) is 5.41 Å². The second-order valence-electron chi connectivity index (χ2n) is 8.26. The summed E-state index contributed by atoms with van der Waals surface area (Å²) in [6, 6.07) is 25.7. The molecule has 2 heteroatoms. The van der Waals surface area contributed by atoms with Crippen LogP contribution in [0.15, 0.2) is 83.4 Å². The van der Waals surface area contributed by atoms with E-state index >= 15 is 0 Å². The monoisotopic (exact) mass is 389 g/mol. The molecule has 0 amide bonds. The molecule has 2 aromatic heterocycles. The normalized spacial score (nSPS) is 14.2. The molecule has 0 N–H and O–H groups in total. The standard InChI is InChI=1S/C28H23NO/c1-3-28(4-2)23-16-27-22(19-12-8-9-13-26(19)30-27)14-20(23)21-15-25(29-17-24(21)28)18-10-6-5-7-11-18/h5-17H,3-4H2,1-2H3. The van der Waals surface area contributed by atoms with Gasteiger partial charge in [0.05, 0.1) is 5.69 Å². The van der Waals surface area contributed by atoms with E-state index in [1.165, 1.54) is 33.0 Å². The topological polar surface area (TPSA) is 26.0 Å². The number of para-hydroxylation sites is 1. The van der Waals surface area contributed by atoms with E-state index in [9.17, 15) is 0 Å². The maximum Gasteiger partial charge on any atom is 0.135 e. The molecule has 1 aliphatic rings. The van der Waals surface area contributed by atoms with Gasteiger partial charge >= 0.3 is 0 Å². The van der Waals surface area contributed by atoms with E-state index in [1.54, 1.807) is 0 Å². The summed E-state index contributed by atoms with van der Waals surface area (Å²) >= 11 is 0. The van der Waals surface area contributed by atoms with Gasteiger partial charge in [-0.25, -0.2) is 0 Å². The van der Waals surface area contributed by atoms with Crippen LogP contribution in [0, 0.1) is 0 Å². The molecule has 0 bridgehead atoms. The molecule has 0 saturated carbocycles. The highest BCUT2D eigenvalue weighted by molar-refractivity contribution is 6.07. The van der Waals surface area contributed by atoms with Gasteiger partial charge in [-0.05, 0) is 59.4 Å². The van der Waals surface area contributed by atoms with E-state index in [-0.39, 0.29) is 5.41 Å². The lowest BCUT2D eigenvalue weighted by molar-refractivity contribution is 0.488. The number of rotatable bonds is 3. The van der Waals surface area contributed by atoms with Crippen LogP contribution in [0.2, 0.25) is 0 Å². The highest BCUT2D eigenvalue weighted by Crippen LogP contribution is 2.54. The Bertz CT molecular complexity index is 1410. The van der Waals surface area contributed by atoms with Crippen molar-refractivity contribution in [3.05, 3.63) is 90.1 Å². The smallest absolute Gasteiger partial charge is 0.135 e. The SMILES string of the molecule is CCC1(CC)c2cnc(-c3ccccc3)cc2-c2cc3c(cc21)oc1ccccc13. The van der Waals surface area contributed by atoms with Crippen molar-refractivity contribution in [2.75, 3.05) is 0 Å². The molecule has 5 aromatic rings. The lowest BCUT2D eigenvalue weighted by atomic mass is 9.74. The molecule has 0 radical (unpaired) electrons. The maximum absolute atomic E-state index is 6.24. The van der Waals surface area contributed by atoms with Gasteiger partial charge in [0.2, 0.25) is 0 Å². The first kappa shape index (κ1) is 17.5. The van der Waals surface area contributed by atoms with Crippen LogP contribution in [0.3, 0.4) is 0 Å². The Hall–Kier alpha value is -3.39. The summed E-state index contributed by atoms with van der Waals surface area (Å²) in [6.45, 7) is 4.58. The summed E-state index contributed by atoms with van der Waals surface area (Å²) in [5.74, 6) is 0. The Morgan fingerprint density at radius 3 is 2.27 bits per heavy atom. The van der Waals surface area contributed by atoms with Crippen LogP contribution >= 0.6 is 0 Å². The van der Waals surface area contributed by atoms with Crippen LogP contribution in [0.1, 0.15) is 37.8 Å². The van der Waals surface area contributed by atoms with E-state index in [0.29, 0.717) is 0 Å². The van der Waals surface area contributed by atoms with Gasteiger partial charge < -0.3 is 4.42 Å². The molecule has 0 fully saturated rings. The third-order valence-corrected chi connectivity index (χ3v) is 7.02. The maximum atomic E-state index is 6.24. The summed E-state index contributed by atoms with van der Waals surface area (Å²) in [5.41, 5.74) is 9.46. The third kappa shape index (κ3) is 2.22. The Labute approximate surface area is 176 Å². The van der Waals surface area contributed by atoms with Gasteiger partial charge in [-0.15, -0.1) is 0 Å². The first-order valence-corrected chi connectivity index (χ1v) is 10.8. The number of fused-ring (bicyclic) bond motifs is 6. The van der Waals surface area contributed by atoms with Gasteiger partial charge in [-0.2, -0.15) is 0 Å².